The molecule has 2 rings (SSSR count). The number of hydrogen-bond acceptors (Lipinski definition) is 2. The van der Waals surface area contributed by atoms with E-state index in [1.807, 2.05) is 6.26 Å². The van der Waals surface area contributed by atoms with E-state index in [-0.39, 0.29) is 5.41 Å². The quantitative estimate of drug-likeness (QED) is 0.741. The van der Waals surface area contributed by atoms with Gasteiger partial charge in [-0.2, -0.15) is 0 Å². The SMILES string of the molecule is CC1CC(C)(C)CC(O)(C2=COCCC2)C1. The molecule has 2 aliphatic rings. The van der Waals surface area contributed by atoms with Gasteiger partial charge in [-0.3, -0.25) is 0 Å². The Hall–Kier alpha value is -0.500. The van der Waals surface area contributed by atoms with Crippen molar-refractivity contribution in [1.82, 2.24) is 0 Å². The van der Waals surface area contributed by atoms with Gasteiger partial charge in [0.15, 0.2) is 0 Å². The standard InChI is InChI=1S/C14H24O2/c1-11-7-13(2,3)10-14(15,8-11)12-5-4-6-16-9-12/h9,11,15H,4-8,10H2,1-3H3. The van der Waals surface area contributed by atoms with E-state index in [1.54, 1.807) is 0 Å². The largest absolute Gasteiger partial charge is 0.501 e. The molecule has 2 nitrogen and oxygen atoms in total. The van der Waals surface area contributed by atoms with Crippen molar-refractivity contribution < 1.29 is 9.84 Å². The second-order valence-electron chi connectivity index (χ2n) is 6.50. The summed E-state index contributed by atoms with van der Waals surface area (Å²) in [7, 11) is 0. The molecule has 2 heteroatoms. The van der Waals surface area contributed by atoms with Crippen molar-refractivity contribution in [3.05, 3.63) is 11.8 Å². The van der Waals surface area contributed by atoms with E-state index in [0.29, 0.717) is 5.92 Å². The molecule has 92 valence electrons. The van der Waals surface area contributed by atoms with Gasteiger partial charge in [0.25, 0.3) is 0 Å². The first-order chi connectivity index (χ1) is 7.41. The molecule has 1 N–H and O–H groups in total. The molecule has 0 radical (unpaired) electrons. The van der Waals surface area contributed by atoms with Crippen molar-refractivity contribution in [3.63, 3.8) is 0 Å². The minimum Gasteiger partial charge on any atom is -0.501 e. The highest BCUT2D eigenvalue weighted by atomic mass is 16.5. The second kappa shape index (κ2) is 4.06. The van der Waals surface area contributed by atoms with Gasteiger partial charge in [0.05, 0.1) is 18.5 Å². The molecule has 16 heavy (non-hydrogen) atoms. The van der Waals surface area contributed by atoms with Gasteiger partial charge in [0.2, 0.25) is 0 Å². The zero-order chi connectivity index (χ0) is 11.8. The van der Waals surface area contributed by atoms with Crippen LogP contribution in [0.3, 0.4) is 0 Å². The van der Waals surface area contributed by atoms with E-state index in [9.17, 15) is 5.11 Å². The van der Waals surface area contributed by atoms with Gasteiger partial charge in [0, 0.05) is 0 Å². The van der Waals surface area contributed by atoms with Crippen LogP contribution >= 0.6 is 0 Å². The highest BCUT2D eigenvalue weighted by Crippen LogP contribution is 2.48. The molecule has 0 spiro atoms. The van der Waals surface area contributed by atoms with Crippen molar-refractivity contribution in [1.29, 1.82) is 0 Å². The van der Waals surface area contributed by atoms with E-state index in [4.69, 9.17) is 4.74 Å². The molecular formula is C14H24O2. The van der Waals surface area contributed by atoms with E-state index in [2.05, 4.69) is 20.8 Å². The first-order valence-corrected chi connectivity index (χ1v) is 6.45. The maximum Gasteiger partial charge on any atom is 0.0896 e. The Balaban J connectivity index is 2.19. The molecule has 0 aromatic carbocycles. The van der Waals surface area contributed by atoms with Crippen molar-refractivity contribution in [2.24, 2.45) is 11.3 Å². The van der Waals surface area contributed by atoms with Crippen LogP contribution in [0.5, 0.6) is 0 Å². The predicted octanol–water partition coefficient (Wildman–Crippen LogP) is 3.26. The predicted molar refractivity (Wildman–Crippen MR) is 65.0 cm³/mol. The maximum absolute atomic E-state index is 10.9. The third kappa shape index (κ3) is 2.42. The fourth-order valence-electron chi connectivity index (χ4n) is 3.68. The number of rotatable bonds is 1. The highest BCUT2D eigenvalue weighted by molar-refractivity contribution is 5.19. The van der Waals surface area contributed by atoms with Crippen LogP contribution in [0.2, 0.25) is 0 Å². The van der Waals surface area contributed by atoms with Crippen LogP contribution in [-0.4, -0.2) is 17.3 Å². The molecule has 0 bridgehead atoms. The normalized spacial score (nSPS) is 38.8. The molecule has 2 atom stereocenters. The molecule has 0 amide bonds. The summed E-state index contributed by atoms with van der Waals surface area (Å²) in [5.41, 5.74) is 0.755. The van der Waals surface area contributed by atoms with Crippen molar-refractivity contribution in [2.75, 3.05) is 6.61 Å². The summed E-state index contributed by atoms with van der Waals surface area (Å²) in [6.07, 6.45) is 6.84. The second-order valence-corrected chi connectivity index (χ2v) is 6.50. The Morgan fingerprint density at radius 3 is 2.69 bits per heavy atom. The summed E-state index contributed by atoms with van der Waals surface area (Å²) in [6, 6.07) is 0. The molecule has 0 aromatic heterocycles. The summed E-state index contributed by atoms with van der Waals surface area (Å²) in [6.45, 7) is 7.57. The molecule has 2 unspecified atom stereocenters. The molecule has 1 fully saturated rings. The molecular weight excluding hydrogens is 200 g/mol. The minimum atomic E-state index is -0.610. The van der Waals surface area contributed by atoms with E-state index in [0.717, 1.165) is 37.9 Å². The Morgan fingerprint density at radius 1 is 1.38 bits per heavy atom. The first-order valence-electron chi connectivity index (χ1n) is 6.45. The fourth-order valence-corrected chi connectivity index (χ4v) is 3.68. The number of ether oxygens (including phenoxy) is 1. The minimum absolute atomic E-state index is 0.241. The van der Waals surface area contributed by atoms with Gasteiger partial charge in [-0.15, -0.1) is 0 Å². The lowest BCUT2D eigenvalue weighted by atomic mass is 9.63. The Morgan fingerprint density at radius 2 is 2.12 bits per heavy atom. The van der Waals surface area contributed by atoms with Crippen molar-refractivity contribution in [2.45, 2.75) is 58.5 Å². The maximum atomic E-state index is 10.9. The van der Waals surface area contributed by atoms with Gasteiger partial charge in [-0.25, -0.2) is 0 Å². The van der Waals surface area contributed by atoms with Crippen LogP contribution in [-0.2, 0) is 4.74 Å². The first kappa shape index (κ1) is 12.0. The van der Waals surface area contributed by atoms with Crippen LogP contribution in [0.4, 0.5) is 0 Å². The molecule has 0 aromatic rings. The van der Waals surface area contributed by atoms with Crippen LogP contribution in [0.25, 0.3) is 0 Å². The lowest BCUT2D eigenvalue weighted by Gasteiger charge is -2.46. The summed E-state index contributed by atoms with van der Waals surface area (Å²) in [5.74, 6) is 0.594. The zero-order valence-electron chi connectivity index (χ0n) is 10.8. The highest BCUT2D eigenvalue weighted by Gasteiger charge is 2.44. The Labute approximate surface area is 98.7 Å². The lowest BCUT2D eigenvalue weighted by molar-refractivity contribution is -0.0369. The molecule has 1 saturated carbocycles. The smallest absolute Gasteiger partial charge is 0.0896 e. The summed E-state index contributed by atoms with van der Waals surface area (Å²) >= 11 is 0. The fraction of sp³-hybridized carbons (Fsp3) is 0.857. The van der Waals surface area contributed by atoms with Crippen molar-refractivity contribution >= 4 is 0 Å². The van der Waals surface area contributed by atoms with Gasteiger partial charge in [-0.05, 0) is 49.0 Å². The number of hydrogen-bond donors (Lipinski definition) is 1. The monoisotopic (exact) mass is 224 g/mol. The van der Waals surface area contributed by atoms with Crippen molar-refractivity contribution in [3.8, 4) is 0 Å². The van der Waals surface area contributed by atoms with Crippen LogP contribution in [0.15, 0.2) is 11.8 Å². The third-order valence-electron chi connectivity index (χ3n) is 3.89. The van der Waals surface area contributed by atoms with Crippen LogP contribution in [0.1, 0.15) is 52.9 Å². The van der Waals surface area contributed by atoms with Gasteiger partial charge in [0.1, 0.15) is 0 Å². The van der Waals surface area contributed by atoms with E-state index in [1.165, 1.54) is 6.42 Å². The average Bonchev–Trinajstić information content (AvgIpc) is 2.15. The summed E-state index contributed by atoms with van der Waals surface area (Å²) < 4.78 is 5.38. The molecule has 0 saturated heterocycles. The third-order valence-corrected chi connectivity index (χ3v) is 3.89. The lowest BCUT2D eigenvalue weighted by Crippen LogP contribution is -2.44. The van der Waals surface area contributed by atoms with E-state index < -0.39 is 5.60 Å². The van der Waals surface area contributed by atoms with Gasteiger partial charge in [-0.1, -0.05) is 20.8 Å². The molecule has 1 aliphatic carbocycles. The number of aliphatic hydroxyl groups is 1. The zero-order valence-corrected chi connectivity index (χ0v) is 10.8. The molecule has 1 heterocycles. The van der Waals surface area contributed by atoms with E-state index >= 15 is 0 Å². The Kier molecular flexibility index (Phi) is 3.04. The topological polar surface area (TPSA) is 29.5 Å². The van der Waals surface area contributed by atoms with Gasteiger partial charge < -0.3 is 9.84 Å². The van der Waals surface area contributed by atoms with Crippen LogP contribution < -0.4 is 0 Å². The summed E-state index contributed by atoms with van der Waals surface area (Å²) in [4.78, 5) is 0. The Bertz CT molecular complexity index is 293. The summed E-state index contributed by atoms with van der Waals surface area (Å²) in [5, 5.41) is 10.9. The average molecular weight is 224 g/mol. The van der Waals surface area contributed by atoms with Gasteiger partial charge >= 0.3 is 0 Å². The van der Waals surface area contributed by atoms with Crippen LogP contribution in [0, 0.1) is 11.3 Å². The molecule has 1 aliphatic heterocycles.